The number of nitrogens with zero attached hydrogens (tertiary/aromatic N) is 1. The van der Waals surface area contributed by atoms with Crippen LogP contribution in [0.1, 0.15) is 29.6 Å². The first-order chi connectivity index (χ1) is 10.9. The number of carbonyl (C=O) groups excluding carboxylic acids is 3. The van der Waals surface area contributed by atoms with Gasteiger partial charge in [0.05, 0.1) is 5.56 Å². The SMILES string of the molecule is NC(=O)[C@@H]1CCCCN1C(=O)COC(=O)c1cc(F)ccc1Br. The molecule has 124 valence electrons. The first-order valence-corrected chi connectivity index (χ1v) is 7.90. The monoisotopic (exact) mass is 386 g/mol. The summed E-state index contributed by atoms with van der Waals surface area (Å²) < 4.78 is 18.5. The third-order valence-corrected chi connectivity index (χ3v) is 4.32. The van der Waals surface area contributed by atoms with Gasteiger partial charge in [0.25, 0.3) is 5.91 Å². The summed E-state index contributed by atoms with van der Waals surface area (Å²) in [6.07, 6.45) is 2.08. The van der Waals surface area contributed by atoms with Crippen molar-refractivity contribution in [2.45, 2.75) is 25.3 Å². The fourth-order valence-electron chi connectivity index (χ4n) is 2.47. The largest absolute Gasteiger partial charge is 0.452 e. The molecule has 1 aromatic rings. The normalized spacial score (nSPS) is 17.7. The van der Waals surface area contributed by atoms with E-state index in [4.69, 9.17) is 10.5 Å². The molecule has 1 fully saturated rings. The molecule has 1 saturated heterocycles. The van der Waals surface area contributed by atoms with Gasteiger partial charge in [-0.25, -0.2) is 9.18 Å². The number of nitrogens with two attached hydrogens (primary N) is 1. The number of carbonyl (C=O) groups is 3. The fourth-order valence-corrected chi connectivity index (χ4v) is 2.88. The zero-order valence-corrected chi connectivity index (χ0v) is 13.8. The highest BCUT2D eigenvalue weighted by Crippen LogP contribution is 2.20. The maximum Gasteiger partial charge on any atom is 0.339 e. The van der Waals surface area contributed by atoms with Gasteiger partial charge in [0.1, 0.15) is 11.9 Å². The first-order valence-electron chi connectivity index (χ1n) is 7.11. The standard InChI is InChI=1S/C15H16BrFN2O4/c16-11-5-4-9(17)7-10(11)15(22)23-8-13(20)19-6-2-1-3-12(19)14(18)21/h4-5,7,12H,1-3,6,8H2,(H2,18,21)/t12-/m0/s1. The fraction of sp³-hybridized carbons (Fsp3) is 0.400. The molecule has 0 bridgehead atoms. The van der Waals surface area contributed by atoms with E-state index in [1.807, 2.05) is 0 Å². The summed E-state index contributed by atoms with van der Waals surface area (Å²) >= 11 is 3.12. The van der Waals surface area contributed by atoms with Crippen molar-refractivity contribution in [1.82, 2.24) is 4.90 Å². The van der Waals surface area contributed by atoms with Crippen LogP contribution in [0, 0.1) is 5.82 Å². The minimum atomic E-state index is -0.822. The van der Waals surface area contributed by atoms with E-state index < -0.39 is 36.2 Å². The zero-order valence-electron chi connectivity index (χ0n) is 12.3. The van der Waals surface area contributed by atoms with E-state index in [-0.39, 0.29) is 5.56 Å². The molecule has 0 aromatic heterocycles. The van der Waals surface area contributed by atoms with E-state index in [1.165, 1.54) is 17.0 Å². The highest BCUT2D eigenvalue weighted by molar-refractivity contribution is 9.10. The van der Waals surface area contributed by atoms with E-state index in [0.29, 0.717) is 17.4 Å². The molecule has 2 N–H and O–H groups in total. The third-order valence-electron chi connectivity index (χ3n) is 3.63. The van der Waals surface area contributed by atoms with Crippen molar-refractivity contribution in [2.24, 2.45) is 5.73 Å². The summed E-state index contributed by atoms with van der Waals surface area (Å²) in [6, 6.07) is 2.92. The lowest BCUT2D eigenvalue weighted by Crippen LogP contribution is -2.51. The summed E-state index contributed by atoms with van der Waals surface area (Å²) in [4.78, 5) is 36.8. The van der Waals surface area contributed by atoms with E-state index in [0.717, 1.165) is 18.9 Å². The van der Waals surface area contributed by atoms with Crippen LogP contribution in [0.4, 0.5) is 4.39 Å². The Morgan fingerprint density at radius 2 is 2.09 bits per heavy atom. The summed E-state index contributed by atoms with van der Waals surface area (Å²) in [5.74, 6) is -2.47. The molecule has 0 aliphatic carbocycles. The number of esters is 1. The Morgan fingerprint density at radius 3 is 2.78 bits per heavy atom. The minimum absolute atomic E-state index is 0.0112. The Bertz CT molecular complexity index is 638. The van der Waals surface area contributed by atoms with Gasteiger partial charge in [-0.15, -0.1) is 0 Å². The molecule has 1 aromatic carbocycles. The molecule has 1 aliphatic rings. The van der Waals surface area contributed by atoms with E-state index in [1.54, 1.807) is 0 Å². The zero-order chi connectivity index (χ0) is 17.0. The highest BCUT2D eigenvalue weighted by Gasteiger charge is 2.31. The van der Waals surface area contributed by atoms with Gasteiger partial charge in [-0.05, 0) is 53.4 Å². The smallest absolute Gasteiger partial charge is 0.339 e. The van der Waals surface area contributed by atoms with Gasteiger partial charge in [-0.3, -0.25) is 9.59 Å². The molecule has 0 radical (unpaired) electrons. The molecule has 8 heteroatoms. The Labute approximate surface area is 140 Å². The average Bonchev–Trinajstić information content (AvgIpc) is 2.54. The van der Waals surface area contributed by atoms with Crippen LogP contribution in [-0.4, -0.2) is 41.9 Å². The van der Waals surface area contributed by atoms with Crippen molar-refractivity contribution in [3.63, 3.8) is 0 Å². The van der Waals surface area contributed by atoms with Crippen LogP contribution in [0.3, 0.4) is 0 Å². The van der Waals surface area contributed by atoms with Gasteiger partial charge in [-0.2, -0.15) is 0 Å². The number of hydrogen-bond acceptors (Lipinski definition) is 4. The van der Waals surface area contributed by atoms with Crippen LogP contribution < -0.4 is 5.73 Å². The Hall–Kier alpha value is -1.96. The predicted octanol–water partition coefficient (Wildman–Crippen LogP) is 1.61. The number of primary amides is 1. The molecular formula is C15H16BrFN2O4. The summed E-state index contributed by atoms with van der Waals surface area (Å²) in [7, 11) is 0. The van der Waals surface area contributed by atoms with Gasteiger partial charge in [0, 0.05) is 11.0 Å². The number of rotatable bonds is 4. The lowest BCUT2D eigenvalue weighted by Gasteiger charge is -2.33. The van der Waals surface area contributed by atoms with E-state index in [9.17, 15) is 18.8 Å². The van der Waals surface area contributed by atoms with Gasteiger partial charge in [-0.1, -0.05) is 0 Å². The predicted molar refractivity (Wildman–Crippen MR) is 82.9 cm³/mol. The Morgan fingerprint density at radius 1 is 1.35 bits per heavy atom. The van der Waals surface area contributed by atoms with Crippen molar-refractivity contribution >= 4 is 33.7 Å². The van der Waals surface area contributed by atoms with Crippen molar-refractivity contribution in [3.8, 4) is 0 Å². The lowest BCUT2D eigenvalue weighted by atomic mass is 10.0. The van der Waals surface area contributed by atoms with Gasteiger partial charge in [0.15, 0.2) is 6.61 Å². The van der Waals surface area contributed by atoms with Crippen LogP contribution in [0.5, 0.6) is 0 Å². The number of piperidine rings is 1. The first kappa shape index (κ1) is 17.4. The van der Waals surface area contributed by atoms with E-state index in [2.05, 4.69) is 15.9 Å². The molecule has 0 unspecified atom stereocenters. The van der Waals surface area contributed by atoms with Crippen molar-refractivity contribution < 1.29 is 23.5 Å². The van der Waals surface area contributed by atoms with Gasteiger partial charge < -0.3 is 15.4 Å². The summed E-state index contributed by atoms with van der Waals surface area (Å²) in [6.45, 7) is -0.126. The summed E-state index contributed by atoms with van der Waals surface area (Å²) in [5.41, 5.74) is 5.28. The molecule has 2 rings (SSSR count). The maximum absolute atomic E-state index is 13.2. The molecule has 6 nitrogen and oxygen atoms in total. The Kier molecular flexibility index (Phi) is 5.70. The average molecular weight is 387 g/mol. The molecule has 1 heterocycles. The molecule has 0 spiro atoms. The van der Waals surface area contributed by atoms with Crippen LogP contribution in [0.25, 0.3) is 0 Å². The number of amides is 2. The van der Waals surface area contributed by atoms with Crippen molar-refractivity contribution in [3.05, 3.63) is 34.1 Å². The second kappa shape index (κ2) is 7.54. The second-order valence-corrected chi connectivity index (χ2v) is 6.06. The molecule has 23 heavy (non-hydrogen) atoms. The summed E-state index contributed by atoms with van der Waals surface area (Å²) in [5, 5.41) is 0. The van der Waals surface area contributed by atoms with Gasteiger partial charge >= 0.3 is 5.97 Å². The Balaban J connectivity index is 1.99. The molecule has 1 aliphatic heterocycles. The maximum atomic E-state index is 13.2. The number of benzene rings is 1. The molecule has 1 atom stereocenters. The number of ether oxygens (including phenoxy) is 1. The third kappa shape index (κ3) is 4.28. The molecule has 0 saturated carbocycles. The van der Waals surface area contributed by atoms with Crippen LogP contribution in [-0.2, 0) is 14.3 Å². The van der Waals surface area contributed by atoms with E-state index >= 15 is 0 Å². The second-order valence-electron chi connectivity index (χ2n) is 5.20. The van der Waals surface area contributed by atoms with Crippen LogP contribution in [0.15, 0.2) is 22.7 Å². The number of likely N-dealkylation sites (tertiary alicyclic amines) is 1. The molecule has 2 amide bonds. The lowest BCUT2D eigenvalue weighted by molar-refractivity contribution is -0.143. The minimum Gasteiger partial charge on any atom is -0.452 e. The van der Waals surface area contributed by atoms with Crippen LogP contribution >= 0.6 is 15.9 Å². The quantitative estimate of drug-likeness (QED) is 0.795. The number of hydrogen-bond donors (Lipinski definition) is 1. The number of halogens is 2. The highest BCUT2D eigenvalue weighted by atomic mass is 79.9. The van der Waals surface area contributed by atoms with Gasteiger partial charge in [0.2, 0.25) is 5.91 Å². The molecular weight excluding hydrogens is 371 g/mol. The van der Waals surface area contributed by atoms with Crippen molar-refractivity contribution in [1.29, 1.82) is 0 Å². The topological polar surface area (TPSA) is 89.7 Å². The van der Waals surface area contributed by atoms with Crippen molar-refractivity contribution in [2.75, 3.05) is 13.2 Å². The van der Waals surface area contributed by atoms with Crippen LogP contribution in [0.2, 0.25) is 0 Å².